The summed E-state index contributed by atoms with van der Waals surface area (Å²) >= 11 is 5.76. The van der Waals surface area contributed by atoms with E-state index in [2.05, 4.69) is 0 Å². The molecule has 0 aliphatic carbocycles. The predicted octanol–water partition coefficient (Wildman–Crippen LogP) is 3.46. The van der Waals surface area contributed by atoms with E-state index in [1.165, 1.54) is 0 Å². The standard InChI is InChI=1S/C15H13ClO3/c16-13-8-6-12(7-9-13)10-19-15(17)11-18-14-4-2-1-3-5-14/h1-9H,10-11H2. The van der Waals surface area contributed by atoms with Gasteiger partial charge in [0.2, 0.25) is 0 Å². The fourth-order valence-corrected chi connectivity index (χ4v) is 1.57. The van der Waals surface area contributed by atoms with E-state index in [1.807, 2.05) is 30.3 Å². The van der Waals surface area contributed by atoms with Crippen LogP contribution in [0.3, 0.4) is 0 Å². The number of para-hydroxylation sites is 1. The van der Waals surface area contributed by atoms with Gasteiger partial charge in [-0.2, -0.15) is 0 Å². The zero-order chi connectivity index (χ0) is 13.5. The molecule has 0 spiro atoms. The number of ether oxygens (including phenoxy) is 2. The second kappa shape index (κ2) is 6.81. The van der Waals surface area contributed by atoms with Gasteiger partial charge < -0.3 is 9.47 Å². The van der Waals surface area contributed by atoms with Gasteiger partial charge in [-0.15, -0.1) is 0 Å². The largest absolute Gasteiger partial charge is 0.482 e. The van der Waals surface area contributed by atoms with Gasteiger partial charge in [-0.05, 0) is 29.8 Å². The van der Waals surface area contributed by atoms with Crippen molar-refractivity contribution in [3.63, 3.8) is 0 Å². The van der Waals surface area contributed by atoms with Crippen molar-refractivity contribution < 1.29 is 14.3 Å². The van der Waals surface area contributed by atoms with E-state index in [9.17, 15) is 4.79 Å². The number of rotatable bonds is 5. The normalized spacial score (nSPS) is 9.95. The van der Waals surface area contributed by atoms with Crippen molar-refractivity contribution in [2.24, 2.45) is 0 Å². The molecule has 0 amide bonds. The number of carbonyl (C=O) groups excluding carboxylic acids is 1. The van der Waals surface area contributed by atoms with Crippen LogP contribution in [0.4, 0.5) is 0 Å². The summed E-state index contributed by atoms with van der Waals surface area (Å²) in [5, 5.41) is 0.655. The van der Waals surface area contributed by atoms with Crippen molar-refractivity contribution in [2.75, 3.05) is 6.61 Å². The molecule has 0 atom stereocenters. The lowest BCUT2D eigenvalue weighted by molar-refractivity contribution is -0.147. The van der Waals surface area contributed by atoms with Crippen LogP contribution in [0.5, 0.6) is 5.75 Å². The molecule has 0 saturated heterocycles. The highest BCUT2D eigenvalue weighted by Crippen LogP contribution is 2.11. The molecule has 98 valence electrons. The maximum absolute atomic E-state index is 11.5. The molecular weight excluding hydrogens is 264 g/mol. The quantitative estimate of drug-likeness (QED) is 0.785. The average molecular weight is 277 g/mol. The van der Waals surface area contributed by atoms with Crippen LogP contribution in [0, 0.1) is 0 Å². The Morgan fingerprint density at radius 2 is 1.68 bits per heavy atom. The molecule has 4 heteroatoms. The van der Waals surface area contributed by atoms with Crippen molar-refractivity contribution in [2.45, 2.75) is 6.61 Å². The molecule has 0 aromatic heterocycles. The molecular formula is C15H13ClO3. The predicted molar refractivity (Wildman–Crippen MR) is 73.2 cm³/mol. The SMILES string of the molecule is O=C(COc1ccccc1)OCc1ccc(Cl)cc1. The maximum atomic E-state index is 11.5. The summed E-state index contributed by atoms with van der Waals surface area (Å²) < 4.78 is 10.4. The molecule has 0 aliphatic heterocycles. The molecule has 0 saturated carbocycles. The third kappa shape index (κ3) is 4.64. The molecule has 0 aliphatic rings. The van der Waals surface area contributed by atoms with E-state index in [1.54, 1.807) is 24.3 Å². The van der Waals surface area contributed by atoms with Gasteiger partial charge in [-0.3, -0.25) is 0 Å². The van der Waals surface area contributed by atoms with E-state index in [0.717, 1.165) is 5.56 Å². The van der Waals surface area contributed by atoms with Gasteiger partial charge in [0.05, 0.1) is 0 Å². The zero-order valence-electron chi connectivity index (χ0n) is 10.2. The van der Waals surface area contributed by atoms with Gasteiger partial charge in [0.15, 0.2) is 6.61 Å². The molecule has 0 radical (unpaired) electrons. The van der Waals surface area contributed by atoms with Crippen molar-refractivity contribution in [3.8, 4) is 5.75 Å². The van der Waals surface area contributed by atoms with Crippen LogP contribution >= 0.6 is 11.6 Å². The number of esters is 1. The lowest BCUT2D eigenvalue weighted by Crippen LogP contribution is -2.14. The highest BCUT2D eigenvalue weighted by atomic mass is 35.5. The monoisotopic (exact) mass is 276 g/mol. The first-order valence-electron chi connectivity index (χ1n) is 5.82. The van der Waals surface area contributed by atoms with Gasteiger partial charge in [0, 0.05) is 5.02 Å². The summed E-state index contributed by atoms with van der Waals surface area (Å²) in [4.78, 5) is 11.5. The Hall–Kier alpha value is -2.00. The highest BCUT2D eigenvalue weighted by molar-refractivity contribution is 6.30. The molecule has 0 bridgehead atoms. The first-order chi connectivity index (χ1) is 9.24. The number of hydrogen-bond donors (Lipinski definition) is 0. The van der Waals surface area contributed by atoms with Crippen molar-refractivity contribution in [1.82, 2.24) is 0 Å². The molecule has 3 nitrogen and oxygen atoms in total. The Balaban J connectivity index is 1.74. The zero-order valence-corrected chi connectivity index (χ0v) is 11.0. The Morgan fingerprint density at radius 3 is 2.37 bits per heavy atom. The summed E-state index contributed by atoms with van der Waals surface area (Å²) in [7, 11) is 0. The molecule has 2 aromatic carbocycles. The van der Waals surface area contributed by atoms with E-state index >= 15 is 0 Å². The molecule has 2 aromatic rings. The summed E-state index contributed by atoms with van der Waals surface area (Å²) in [6.07, 6.45) is 0. The summed E-state index contributed by atoms with van der Waals surface area (Å²) in [5.41, 5.74) is 0.887. The average Bonchev–Trinajstić information content (AvgIpc) is 2.45. The lowest BCUT2D eigenvalue weighted by Gasteiger charge is -2.07. The summed E-state index contributed by atoms with van der Waals surface area (Å²) in [6, 6.07) is 16.3. The topological polar surface area (TPSA) is 35.5 Å². The van der Waals surface area contributed by atoms with Crippen LogP contribution in [-0.2, 0) is 16.1 Å². The van der Waals surface area contributed by atoms with E-state index in [4.69, 9.17) is 21.1 Å². The minimum atomic E-state index is -0.404. The maximum Gasteiger partial charge on any atom is 0.344 e. The van der Waals surface area contributed by atoms with Crippen LogP contribution < -0.4 is 4.74 Å². The van der Waals surface area contributed by atoms with Gasteiger partial charge in [0.1, 0.15) is 12.4 Å². The smallest absolute Gasteiger partial charge is 0.344 e. The van der Waals surface area contributed by atoms with Crippen LogP contribution in [0.2, 0.25) is 5.02 Å². The van der Waals surface area contributed by atoms with Gasteiger partial charge >= 0.3 is 5.97 Å². The van der Waals surface area contributed by atoms with Gasteiger partial charge in [0.25, 0.3) is 0 Å². The fourth-order valence-electron chi connectivity index (χ4n) is 1.45. The third-order valence-corrected chi connectivity index (χ3v) is 2.66. The number of halogens is 1. The minimum absolute atomic E-state index is 0.0996. The number of benzene rings is 2. The first-order valence-corrected chi connectivity index (χ1v) is 6.20. The molecule has 0 fully saturated rings. The van der Waals surface area contributed by atoms with Gasteiger partial charge in [-0.1, -0.05) is 41.9 Å². The lowest BCUT2D eigenvalue weighted by atomic mass is 10.2. The number of carbonyl (C=O) groups is 1. The Bertz CT molecular complexity index is 523. The molecule has 0 N–H and O–H groups in total. The molecule has 0 unspecified atom stereocenters. The van der Waals surface area contributed by atoms with Crippen molar-refractivity contribution in [1.29, 1.82) is 0 Å². The number of hydrogen-bond acceptors (Lipinski definition) is 3. The fraction of sp³-hybridized carbons (Fsp3) is 0.133. The molecule has 0 heterocycles. The van der Waals surface area contributed by atoms with Crippen molar-refractivity contribution in [3.05, 3.63) is 65.2 Å². The second-order valence-electron chi connectivity index (χ2n) is 3.89. The van der Waals surface area contributed by atoms with E-state index in [-0.39, 0.29) is 13.2 Å². The van der Waals surface area contributed by atoms with E-state index < -0.39 is 5.97 Å². The third-order valence-electron chi connectivity index (χ3n) is 2.41. The van der Waals surface area contributed by atoms with E-state index in [0.29, 0.717) is 10.8 Å². The summed E-state index contributed by atoms with van der Waals surface area (Å²) in [5.74, 6) is 0.241. The van der Waals surface area contributed by atoms with Crippen LogP contribution in [-0.4, -0.2) is 12.6 Å². The molecule has 2 rings (SSSR count). The summed E-state index contributed by atoms with van der Waals surface area (Å²) in [6.45, 7) is 0.117. The Labute approximate surface area is 116 Å². The molecule has 19 heavy (non-hydrogen) atoms. The highest BCUT2D eigenvalue weighted by Gasteiger charge is 2.04. The van der Waals surface area contributed by atoms with Crippen LogP contribution in [0.1, 0.15) is 5.56 Å². The van der Waals surface area contributed by atoms with Gasteiger partial charge in [-0.25, -0.2) is 4.79 Å². The Kier molecular flexibility index (Phi) is 4.81. The van der Waals surface area contributed by atoms with Crippen LogP contribution in [0.15, 0.2) is 54.6 Å². The Morgan fingerprint density at radius 1 is 1.00 bits per heavy atom. The van der Waals surface area contributed by atoms with Crippen LogP contribution in [0.25, 0.3) is 0 Å². The minimum Gasteiger partial charge on any atom is -0.482 e. The van der Waals surface area contributed by atoms with Crippen molar-refractivity contribution >= 4 is 17.6 Å². The second-order valence-corrected chi connectivity index (χ2v) is 4.33. The first kappa shape index (κ1) is 13.4.